The Hall–Kier alpha value is -3.35. The lowest BCUT2D eigenvalue weighted by molar-refractivity contribution is -0.124. The van der Waals surface area contributed by atoms with Crippen molar-refractivity contribution in [1.29, 1.82) is 0 Å². The number of carbonyl (C=O) groups is 2. The molecule has 2 rings (SSSR count). The lowest BCUT2D eigenvalue weighted by Crippen LogP contribution is -2.20. The van der Waals surface area contributed by atoms with Crippen molar-refractivity contribution >= 4 is 23.7 Å². The minimum atomic E-state index is -0.338. The highest BCUT2D eigenvalue weighted by Gasteiger charge is 2.07. The highest BCUT2D eigenvalue weighted by atomic mass is 16.5. The van der Waals surface area contributed by atoms with Gasteiger partial charge in [-0.25, -0.2) is 5.43 Å². The molecule has 0 aliphatic heterocycles. The molecule has 7 heteroatoms. The van der Waals surface area contributed by atoms with Gasteiger partial charge in [-0.3, -0.25) is 9.59 Å². The van der Waals surface area contributed by atoms with Crippen LogP contribution in [0.2, 0.25) is 0 Å². The van der Waals surface area contributed by atoms with Gasteiger partial charge in [-0.2, -0.15) is 5.10 Å². The zero-order valence-electron chi connectivity index (χ0n) is 16.8. The third-order valence-electron chi connectivity index (χ3n) is 3.80. The summed E-state index contributed by atoms with van der Waals surface area (Å²) < 4.78 is 11.0. The first-order valence-corrected chi connectivity index (χ1v) is 9.68. The average Bonchev–Trinajstić information content (AvgIpc) is 2.73. The second-order valence-electron chi connectivity index (χ2n) is 6.19. The van der Waals surface area contributed by atoms with Gasteiger partial charge in [0.2, 0.25) is 11.8 Å². The summed E-state index contributed by atoms with van der Waals surface area (Å²) in [4.78, 5) is 23.9. The minimum absolute atomic E-state index is 0.0359. The number of hydrogen-bond donors (Lipinski definition) is 2. The SMILES string of the molecule is CCCOc1ccccc1C=NNC(=O)CCC(=O)Nc1ccc(OCC)cc1. The smallest absolute Gasteiger partial charge is 0.240 e. The van der Waals surface area contributed by atoms with E-state index in [4.69, 9.17) is 9.47 Å². The summed E-state index contributed by atoms with van der Waals surface area (Å²) >= 11 is 0. The Labute approximate surface area is 171 Å². The molecule has 2 amide bonds. The number of hydrazone groups is 1. The summed E-state index contributed by atoms with van der Waals surface area (Å²) in [6.07, 6.45) is 2.53. The Balaban J connectivity index is 1.75. The van der Waals surface area contributed by atoms with Crippen molar-refractivity contribution in [2.24, 2.45) is 5.10 Å². The topological polar surface area (TPSA) is 89.0 Å². The zero-order chi connectivity index (χ0) is 20.9. The fourth-order valence-corrected chi connectivity index (χ4v) is 2.41. The predicted molar refractivity (Wildman–Crippen MR) is 113 cm³/mol. The number of benzene rings is 2. The molecule has 0 aliphatic rings. The van der Waals surface area contributed by atoms with Crippen LogP contribution in [-0.4, -0.2) is 31.2 Å². The van der Waals surface area contributed by atoms with E-state index in [1.54, 1.807) is 24.3 Å². The summed E-state index contributed by atoms with van der Waals surface area (Å²) in [6, 6.07) is 14.5. The van der Waals surface area contributed by atoms with Crippen molar-refractivity contribution in [1.82, 2.24) is 5.43 Å². The van der Waals surface area contributed by atoms with Crippen LogP contribution in [-0.2, 0) is 9.59 Å². The summed E-state index contributed by atoms with van der Waals surface area (Å²) in [7, 11) is 0. The van der Waals surface area contributed by atoms with E-state index < -0.39 is 0 Å². The van der Waals surface area contributed by atoms with E-state index in [0.717, 1.165) is 17.7 Å². The molecule has 2 aromatic carbocycles. The molecular weight excluding hydrogens is 370 g/mol. The van der Waals surface area contributed by atoms with E-state index in [0.29, 0.717) is 24.7 Å². The van der Waals surface area contributed by atoms with Gasteiger partial charge in [-0.15, -0.1) is 0 Å². The summed E-state index contributed by atoms with van der Waals surface area (Å²) in [6.45, 7) is 5.13. The van der Waals surface area contributed by atoms with Gasteiger partial charge in [-0.1, -0.05) is 19.1 Å². The molecule has 0 saturated heterocycles. The van der Waals surface area contributed by atoms with E-state index in [9.17, 15) is 9.59 Å². The van der Waals surface area contributed by atoms with Gasteiger partial charge in [0, 0.05) is 24.1 Å². The first-order valence-electron chi connectivity index (χ1n) is 9.68. The van der Waals surface area contributed by atoms with Gasteiger partial charge in [-0.05, 0) is 49.7 Å². The molecule has 2 aromatic rings. The molecule has 0 radical (unpaired) electrons. The average molecular weight is 397 g/mol. The number of rotatable bonds is 11. The van der Waals surface area contributed by atoms with E-state index in [1.807, 2.05) is 38.1 Å². The number of amides is 2. The van der Waals surface area contributed by atoms with Gasteiger partial charge >= 0.3 is 0 Å². The van der Waals surface area contributed by atoms with Crippen LogP contribution in [0.5, 0.6) is 11.5 Å². The number of nitrogens with one attached hydrogen (secondary N) is 2. The molecule has 0 bridgehead atoms. The third-order valence-corrected chi connectivity index (χ3v) is 3.80. The summed E-state index contributed by atoms with van der Waals surface area (Å²) in [5.74, 6) is 0.869. The molecule has 0 atom stereocenters. The zero-order valence-corrected chi connectivity index (χ0v) is 16.8. The fraction of sp³-hybridized carbons (Fsp3) is 0.318. The first kappa shape index (κ1) is 21.9. The molecule has 0 heterocycles. The minimum Gasteiger partial charge on any atom is -0.494 e. The van der Waals surface area contributed by atoms with Crippen LogP contribution in [0, 0.1) is 0 Å². The van der Waals surface area contributed by atoms with Crippen LogP contribution in [0.3, 0.4) is 0 Å². The molecule has 29 heavy (non-hydrogen) atoms. The number of carbonyl (C=O) groups excluding carboxylic acids is 2. The highest BCUT2D eigenvalue weighted by Crippen LogP contribution is 2.16. The largest absolute Gasteiger partial charge is 0.494 e. The second kappa shape index (κ2) is 12.2. The van der Waals surface area contributed by atoms with Crippen molar-refractivity contribution in [3.8, 4) is 11.5 Å². The van der Waals surface area contributed by atoms with E-state index in [-0.39, 0.29) is 24.7 Å². The molecule has 0 fully saturated rings. The van der Waals surface area contributed by atoms with Gasteiger partial charge in [0.1, 0.15) is 11.5 Å². The van der Waals surface area contributed by atoms with Crippen molar-refractivity contribution < 1.29 is 19.1 Å². The fourth-order valence-electron chi connectivity index (χ4n) is 2.41. The normalized spacial score (nSPS) is 10.6. The van der Waals surface area contributed by atoms with Crippen LogP contribution in [0.4, 0.5) is 5.69 Å². The predicted octanol–water partition coefficient (Wildman–Crippen LogP) is 3.74. The molecular formula is C22H27N3O4. The Morgan fingerprint density at radius 3 is 2.41 bits per heavy atom. The van der Waals surface area contributed by atoms with E-state index >= 15 is 0 Å². The quantitative estimate of drug-likeness (QED) is 0.446. The monoisotopic (exact) mass is 397 g/mol. The molecule has 0 aromatic heterocycles. The van der Waals surface area contributed by atoms with Crippen LogP contribution in [0.1, 0.15) is 38.7 Å². The van der Waals surface area contributed by atoms with E-state index in [2.05, 4.69) is 15.8 Å². The van der Waals surface area contributed by atoms with Crippen molar-refractivity contribution in [2.45, 2.75) is 33.1 Å². The Morgan fingerprint density at radius 1 is 0.966 bits per heavy atom. The van der Waals surface area contributed by atoms with Gasteiger partial charge in [0.15, 0.2) is 0 Å². The number of para-hydroxylation sites is 1. The number of anilines is 1. The van der Waals surface area contributed by atoms with Crippen LogP contribution >= 0.6 is 0 Å². The number of hydrogen-bond acceptors (Lipinski definition) is 5. The van der Waals surface area contributed by atoms with Crippen LogP contribution in [0.25, 0.3) is 0 Å². The summed E-state index contributed by atoms with van der Waals surface area (Å²) in [5, 5.41) is 6.70. The maximum Gasteiger partial charge on any atom is 0.240 e. The van der Waals surface area contributed by atoms with Gasteiger partial charge in [0.05, 0.1) is 19.4 Å². The van der Waals surface area contributed by atoms with Gasteiger partial charge < -0.3 is 14.8 Å². The first-order chi connectivity index (χ1) is 14.1. The lowest BCUT2D eigenvalue weighted by atomic mass is 10.2. The Kier molecular flexibility index (Phi) is 9.21. The van der Waals surface area contributed by atoms with Crippen LogP contribution in [0.15, 0.2) is 53.6 Å². The molecule has 7 nitrogen and oxygen atoms in total. The summed E-state index contributed by atoms with van der Waals surface area (Å²) in [5.41, 5.74) is 3.86. The molecule has 0 saturated carbocycles. The number of ether oxygens (including phenoxy) is 2. The molecule has 2 N–H and O–H groups in total. The van der Waals surface area contributed by atoms with Crippen molar-refractivity contribution in [3.05, 3.63) is 54.1 Å². The maximum absolute atomic E-state index is 12.0. The molecule has 154 valence electrons. The molecule has 0 aliphatic carbocycles. The van der Waals surface area contributed by atoms with Gasteiger partial charge in [0.25, 0.3) is 0 Å². The van der Waals surface area contributed by atoms with E-state index in [1.165, 1.54) is 6.21 Å². The lowest BCUT2D eigenvalue weighted by Gasteiger charge is -2.07. The second-order valence-corrected chi connectivity index (χ2v) is 6.19. The van der Waals surface area contributed by atoms with Crippen molar-refractivity contribution in [3.63, 3.8) is 0 Å². The third kappa shape index (κ3) is 8.04. The number of nitrogens with zero attached hydrogens (tertiary/aromatic N) is 1. The Morgan fingerprint density at radius 2 is 1.69 bits per heavy atom. The van der Waals surface area contributed by atoms with Crippen LogP contribution < -0.4 is 20.2 Å². The Bertz CT molecular complexity index is 819. The standard InChI is InChI=1S/C22H27N3O4/c1-3-15-29-20-8-6-5-7-17(20)16-23-25-22(27)14-13-21(26)24-18-9-11-19(12-10-18)28-4-2/h5-12,16H,3-4,13-15H2,1-2H3,(H,24,26)(H,25,27). The van der Waals surface area contributed by atoms with Crippen molar-refractivity contribution in [2.75, 3.05) is 18.5 Å². The maximum atomic E-state index is 12.0. The highest BCUT2D eigenvalue weighted by molar-refractivity contribution is 5.93. The molecule has 0 spiro atoms. The molecule has 0 unspecified atom stereocenters.